The molecule has 2 N–H and O–H groups in total. The van der Waals surface area contributed by atoms with Crippen LogP contribution in [0.3, 0.4) is 0 Å². The monoisotopic (exact) mass is 593 g/mol. The molecule has 0 atom stereocenters. The molecule has 42 heavy (non-hydrogen) atoms. The van der Waals surface area contributed by atoms with Crippen LogP contribution in [0.2, 0.25) is 0 Å². The van der Waals surface area contributed by atoms with Crippen LogP contribution in [-0.4, -0.2) is 36.7 Å². The van der Waals surface area contributed by atoms with Gasteiger partial charge >= 0.3 is 0 Å². The zero-order valence-electron chi connectivity index (χ0n) is 22.7. The number of aromatic amines is 1. The molecule has 0 aliphatic rings. The highest BCUT2D eigenvalue weighted by Gasteiger charge is 2.21. The summed E-state index contributed by atoms with van der Waals surface area (Å²) in [5, 5.41) is 3.05. The Labute approximate surface area is 239 Å². The van der Waals surface area contributed by atoms with E-state index >= 15 is 0 Å². The minimum absolute atomic E-state index is 0.0365. The molecule has 0 radical (unpaired) electrons. The van der Waals surface area contributed by atoms with E-state index in [4.69, 9.17) is 9.47 Å². The maximum atomic E-state index is 14.5. The van der Waals surface area contributed by atoms with Crippen molar-refractivity contribution in [3.63, 3.8) is 0 Å². The number of carbonyl (C=O) groups is 1. The molecule has 3 aromatic carbocycles. The molecule has 5 aromatic rings. The SMILES string of the molecule is CCOc1ccc(NC(=O)c2cc3c(-c4cc(S(C)(=O)=O)ccc4Oc4ccc(F)cc4F)cn(C)c(=O)c3[nH]2)cc1. The van der Waals surface area contributed by atoms with Crippen molar-refractivity contribution in [2.24, 2.45) is 7.05 Å². The number of anilines is 1. The van der Waals surface area contributed by atoms with Crippen molar-refractivity contribution in [3.8, 4) is 28.4 Å². The van der Waals surface area contributed by atoms with E-state index in [0.717, 1.165) is 18.4 Å². The molecule has 9 nitrogen and oxygen atoms in total. The number of halogens is 2. The predicted octanol–water partition coefficient (Wildman–Crippen LogP) is 5.66. The first-order valence-corrected chi connectivity index (χ1v) is 14.6. The Bertz CT molecular complexity index is 2000. The van der Waals surface area contributed by atoms with E-state index in [1.165, 1.54) is 42.1 Å². The molecule has 0 saturated carbocycles. The highest BCUT2D eigenvalue weighted by molar-refractivity contribution is 7.90. The number of rotatable bonds is 8. The molecule has 12 heteroatoms. The molecule has 2 aromatic heterocycles. The van der Waals surface area contributed by atoms with Crippen LogP contribution in [0.4, 0.5) is 14.5 Å². The summed E-state index contributed by atoms with van der Waals surface area (Å²) < 4.78 is 65.3. The largest absolute Gasteiger partial charge is 0.494 e. The number of nitrogens with zero attached hydrogens (tertiary/aromatic N) is 1. The lowest BCUT2D eigenvalue weighted by molar-refractivity contribution is 0.102. The quantitative estimate of drug-likeness (QED) is 0.240. The minimum atomic E-state index is -3.69. The summed E-state index contributed by atoms with van der Waals surface area (Å²) in [5.74, 6) is -1.91. The van der Waals surface area contributed by atoms with Gasteiger partial charge in [0.1, 0.15) is 28.5 Å². The topological polar surface area (TPSA) is 119 Å². The average molecular weight is 594 g/mol. The van der Waals surface area contributed by atoms with Gasteiger partial charge in [0.25, 0.3) is 11.5 Å². The van der Waals surface area contributed by atoms with Crippen LogP contribution in [0.1, 0.15) is 17.4 Å². The standard InChI is InChI=1S/C30H25F2N3O6S/c1-4-40-19-8-6-18(7-9-19)33-29(36)25-15-22-23(16-35(2)30(37)28(22)34-25)21-14-20(42(3,38)39)10-12-26(21)41-27-11-5-17(31)13-24(27)32/h5-16,34H,4H2,1-3H3,(H,33,36). The van der Waals surface area contributed by atoms with Gasteiger partial charge in [-0.15, -0.1) is 0 Å². The Kier molecular flexibility index (Phi) is 7.57. The lowest BCUT2D eigenvalue weighted by Crippen LogP contribution is -2.17. The van der Waals surface area contributed by atoms with Crippen molar-refractivity contribution >= 4 is 32.3 Å². The van der Waals surface area contributed by atoms with Gasteiger partial charge in [-0.1, -0.05) is 0 Å². The molecule has 0 bridgehead atoms. The predicted molar refractivity (Wildman–Crippen MR) is 154 cm³/mol. The molecule has 5 rings (SSSR count). The van der Waals surface area contributed by atoms with Crippen molar-refractivity contribution in [2.45, 2.75) is 11.8 Å². The number of amides is 1. The summed E-state index contributed by atoms with van der Waals surface area (Å²) in [6, 6.07) is 15.0. The first-order chi connectivity index (χ1) is 19.9. The number of benzene rings is 3. The van der Waals surface area contributed by atoms with E-state index in [1.807, 2.05) is 6.92 Å². The third kappa shape index (κ3) is 5.75. The van der Waals surface area contributed by atoms with Crippen molar-refractivity contribution < 1.29 is 31.5 Å². The van der Waals surface area contributed by atoms with E-state index in [9.17, 15) is 26.8 Å². The Balaban J connectivity index is 1.63. The highest BCUT2D eigenvalue weighted by atomic mass is 32.2. The molecule has 0 aliphatic heterocycles. The fourth-order valence-corrected chi connectivity index (χ4v) is 5.03. The summed E-state index contributed by atoms with van der Waals surface area (Å²) in [5.41, 5.74) is 0.713. The number of fused-ring (bicyclic) bond motifs is 1. The Morgan fingerprint density at radius 3 is 2.36 bits per heavy atom. The van der Waals surface area contributed by atoms with Crippen molar-refractivity contribution in [3.05, 3.63) is 101 Å². The van der Waals surface area contributed by atoms with Gasteiger partial charge < -0.3 is 24.3 Å². The van der Waals surface area contributed by atoms with Gasteiger partial charge in [0.2, 0.25) is 0 Å². The third-order valence-electron chi connectivity index (χ3n) is 6.42. The maximum Gasteiger partial charge on any atom is 0.274 e. The van der Waals surface area contributed by atoms with Crippen LogP contribution >= 0.6 is 0 Å². The number of pyridine rings is 1. The highest BCUT2D eigenvalue weighted by Crippen LogP contribution is 2.39. The number of nitrogens with one attached hydrogen (secondary N) is 2. The Morgan fingerprint density at radius 1 is 0.976 bits per heavy atom. The Morgan fingerprint density at radius 2 is 1.69 bits per heavy atom. The minimum Gasteiger partial charge on any atom is -0.494 e. The fraction of sp³-hybridized carbons (Fsp3) is 0.133. The number of ether oxygens (including phenoxy) is 2. The lowest BCUT2D eigenvalue weighted by Gasteiger charge is -2.15. The number of hydrogen-bond donors (Lipinski definition) is 2. The Hall–Kier alpha value is -4.97. The zero-order chi connectivity index (χ0) is 30.2. The first-order valence-electron chi connectivity index (χ1n) is 12.7. The number of aryl methyl sites for hydroxylation is 1. The second-order valence-corrected chi connectivity index (χ2v) is 11.5. The number of aromatic nitrogens is 2. The molecular weight excluding hydrogens is 568 g/mol. The van der Waals surface area contributed by atoms with E-state index in [2.05, 4.69) is 10.3 Å². The van der Waals surface area contributed by atoms with Gasteiger partial charge in [0.15, 0.2) is 21.4 Å². The second-order valence-electron chi connectivity index (χ2n) is 9.45. The van der Waals surface area contributed by atoms with E-state index in [-0.39, 0.29) is 33.2 Å². The summed E-state index contributed by atoms with van der Waals surface area (Å²) in [7, 11) is -2.19. The van der Waals surface area contributed by atoms with E-state index < -0.39 is 32.9 Å². The van der Waals surface area contributed by atoms with Crippen molar-refractivity contribution in [1.82, 2.24) is 9.55 Å². The number of hydrogen-bond acceptors (Lipinski definition) is 6. The summed E-state index contributed by atoms with van der Waals surface area (Å²) in [6.07, 6.45) is 2.49. The number of sulfone groups is 1. The van der Waals surface area contributed by atoms with Gasteiger partial charge in [-0.3, -0.25) is 9.59 Å². The summed E-state index contributed by atoms with van der Waals surface area (Å²) in [6.45, 7) is 2.36. The molecule has 0 fully saturated rings. The van der Waals surface area contributed by atoms with Crippen LogP contribution in [-0.2, 0) is 16.9 Å². The molecule has 2 heterocycles. The molecule has 216 valence electrons. The normalized spacial score (nSPS) is 11.5. The molecule has 1 amide bonds. The smallest absolute Gasteiger partial charge is 0.274 e. The molecule has 0 unspecified atom stereocenters. The lowest BCUT2D eigenvalue weighted by atomic mass is 10.0. The number of carbonyl (C=O) groups excluding carboxylic acids is 1. The molecular formula is C30H25F2N3O6S. The summed E-state index contributed by atoms with van der Waals surface area (Å²) >= 11 is 0. The van der Waals surface area contributed by atoms with Crippen LogP contribution < -0.4 is 20.3 Å². The van der Waals surface area contributed by atoms with E-state index in [0.29, 0.717) is 35.1 Å². The van der Waals surface area contributed by atoms with Crippen LogP contribution in [0.25, 0.3) is 22.0 Å². The van der Waals surface area contributed by atoms with Crippen LogP contribution in [0.15, 0.2) is 82.6 Å². The van der Waals surface area contributed by atoms with E-state index in [1.54, 1.807) is 24.3 Å². The maximum absolute atomic E-state index is 14.5. The van der Waals surface area contributed by atoms with Crippen molar-refractivity contribution in [2.75, 3.05) is 18.2 Å². The van der Waals surface area contributed by atoms with Crippen LogP contribution in [0.5, 0.6) is 17.2 Å². The molecule has 0 saturated heterocycles. The molecule has 0 aliphatic carbocycles. The van der Waals surface area contributed by atoms with Gasteiger partial charge in [0, 0.05) is 47.8 Å². The molecule has 0 spiro atoms. The third-order valence-corrected chi connectivity index (χ3v) is 7.53. The first kappa shape index (κ1) is 28.6. The summed E-state index contributed by atoms with van der Waals surface area (Å²) in [4.78, 5) is 29.0. The van der Waals surface area contributed by atoms with Crippen molar-refractivity contribution in [1.29, 1.82) is 0 Å². The van der Waals surface area contributed by atoms with Gasteiger partial charge in [-0.2, -0.15) is 0 Å². The van der Waals surface area contributed by atoms with Gasteiger partial charge in [-0.05, 0) is 67.6 Å². The van der Waals surface area contributed by atoms with Gasteiger partial charge in [-0.25, -0.2) is 17.2 Å². The number of H-pyrrole nitrogens is 1. The van der Waals surface area contributed by atoms with Crippen LogP contribution in [0, 0.1) is 11.6 Å². The average Bonchev–Trinajstić information content (AvgIpc) is 3.39. The second kappa shape index (κ2) is 11.1. The zero-order valence-corrected chi connectivity index (χ0v) is 23.5. The fourth-order valence-electron chi connectivity index (χ4n) is 4.39. The van der Waals surface area contributed by atoms with Gasteiger partial charge in [0.05, 0.1) is 11.5 Å².